The first kappa shape index (κ1) is 14.8. The molecule has 0 radical (unpaired) electrons. The van der Waals surface area contributed by atoms with E-state index in [-0.39, 0.29) is 11.3 Å². The van der Waals surface area contributed by atoms with Gasteiger partial charge in [0.2, 0.25) is 0 Å². The van der Waals surface area contributed by atoms with E-state index in [2.05, 4.69) is 22.4 Å². The smallest absolute Gasteiger partial charge is 0.251 e. The number of nitrogens with one attached hydrogen (secondary N) is 2. The monoisotopic (exact) mass is 299 g/mol. The number of nitrogens with zero attached hydrogens (tertiary/aromatic N) is 1. The van der Waals surface area contributed by atoms with E-state index < -0.39 is 0 Å². The van der Waals surface area contributed by atoms with E-state index in [9.17, 15) is 4.79 Å². The highest BCUT2D eigenvalue weighted by atomic mass is 16.5. The van der Waals surface area contributed by atoms with Crippen molar-refractivity contribution in [2.45, 2.75) is 19.8 Å². The zero-order valence-corrected chi connectivity index (χ0v) is 12.8. The molecule has 2 aromatic rings. The number of hydrogen-bond acceptors (Lipinski definition) is 3. The lowest BCUT2D eigenvalue weighted by Gasteiger charge is -2.33. The fourth-order valence-electron chi connectivity index (χ4n) is 2.69. The number of hydrogen-bond donors (Lipinski definition) is 2. The van der Waals surface area contributed by atoms with Crippen LogP contribution in [0.2, 0.25) is 0 Å². The lowest BCUT2D eigenvalue weighted by Crippen LogP contribution is -2.39. The van der Waals surface area contributed by atoms with Gasteiger partial charge in [0, 0.05) is 37.1 Å². The molecule has 1 aliphatic rings. The van der Waals surface area contributed by atoms with Gasteiger partial charge in [-0.05, 0) is 36.0 Å². The van der Waals surface area contributed by atoms with Crippen LogP contribution in [0.3, 0.4) is 0 Å². The lowest BCUT2D eigenvalue weighted by atomic mass is 9.82. The van der Waals surface area contributed by atoms with Gasteiger partial charge in [0.1, 0.15) is 0 Å². The van der Waals surface area contributed by atoms with Crippen LogP contribution in [0.4, 0.5) is 0 Å². The molecule has 1 amide bonds. The van der Waals surface area contributed by atoms with E-state index in [4.69, 9.17) is 4.74 Å². The normalized spacial score (nSPS) is 17.1. The molecule has 2 N–H and O–H groups in total. The summed E-state index contributed by atoms with van der Waals surface area (Å²) < 4.78 is 5.39. The SMILES string of the molecule is CC1(CNC(=O)c2cccc(-c3cn[nH]c3)c2)CCOCC1. The average Bonchev–Trinajstić information content (AvgIpc) is 3.08. The molecule has 1 saturated heterocycles. The first-order chi connectivity index (χ1) is 10.7. The Kier molecular flexibility index (Phi) is 4.24. The molecular formula is C17H21N3O2. The van der Waals surface area contributed by atoms with Gasteiger partial charge in [0.15, 0.2) is 0 Å². The Morgan fingerprint density at radius 2 is 2.18 bits per heavy atom. The van der Waals surface area contributed by atoms with Crippen molar-refractivity contribution in [1.29, 1.82) is 0 Å². The van der Waals surface area contributed by atoms with Gasteiger partial charge in [-0.2, -0.15) is 5.10 Å². The largest absolute Gasteiger partial charge is 0.381 e. The minimum absolute atomic E-state index is 0.0296. The summed E-state index contributed by atoms with van der Waals surface area (Å²) in [5, 5.41) is 9.79. The first-order valence-electron chi connectivity index (χ1n) is 7.61. The van der Waals surface area contributed by atoms with Gasteiger partial charge in [-0.3, -0.25) is 9.89 Å². The number of carbonyl (C=O) groups is 1. The summed E-state index contributed by atoms with van der Waals surface area (Å²) in [4.78, 5) is 12.4. The molecule has 0 saturated carbocycles. The third kappa shape index (κ3) is 3.36. The summed E-state index contributed by atoms with van der Waals surface area (Å²) >= 11 is 0. The van der Waals surface area contributed by atoms with Crippen molar-refractivity contribution in [1.82, 2.24) is 15.5 Å². The number of aromatic amines is 1. The number of ether oxygens (including phenoxy) is 1. The van der Waals surface area contributed by atoms with Crippen LogP contribution in [0.25, 0.3) is 11.1 Å². The summed E-state index contributed by atoms with van der Waals surface area (Å²) in [6.07, 6.45) is 5.55. The van der Waals surface area contributed by atoms with Crippen LogP contribution in [-0.4, -0.2) is 35.9 Å². The highest BCUT2D eigenvalue weighted by Gasteiger charge is 2.27. The van der Waals surface area contributed by atoms with E-state index in [1.54, 1.807) is 6.20 Å². The van der Waals surface area contributed by atoms with E-state index >= 15 is 0 Å². The molecule has 116 valence electrons. The number of carbonyl (C=O) groups excluding carboxylic acids is 1. The lowest BCUT2D eigenvalue weighted by molar-refractivity contribution is 0.0238. The number of benzene rings is 1. The van der Waals surface area contributed by atoms with Crippen molar-refractivity contribution >= 4 is 5.91 Å². The Morgan fingerprint density at radius 1 is 1.36 bits per heavy atom. The molecule has 22 heavy (non-hydrogen) atoms. The number of amides is 1. The Hall–Kier alpha value is -2.14. The number of aromatic nitrogens is 2. The van der Waals surface area contributed by atoms with Gasteiger partial charge in [-0.25, -0.2) is 0 Å². The van der Waals surface area contributed by atoms with Crippen LogP contribution in [0.15, 0.2) is 36.7 Å². The second-order valence-electron chi connectivity index (χ2n) is 6.17. The molecule has 1 aromatic carbocycles. The number of rotatable bonds is 4. The molecule has 0 unspecified atom stereocenters. The highest BCUT2D eigenvalue weighted by Crippen LogP contribution is 2.28. The molecule has 3 rings (SSSR count). The van der Waals surface area contributed by atoms with Gasteiger partial charge in [0.25, 0.3) is 5.91 Å². The summed E-state index contributed by atoms with van der Waals surface area (Å²) in [6.45, 7) is 4.45. The van der Waals surface area contributed by atoms with Crippen molar-refractivity contribution in [2.75, 3.05) is 19.8 Å². The van der Waals surface area contributed by atoms with Gasteiger partial charge >= 0.3 is 0 Å². The van der Waals surface area contributed by atoms with E-state index in [0.29, 0.717) is 12.1 Å². The minimum atomic E-state index is -0.0296. The Morgan fingerprint density at radius 3 is 2.91 bits per heavy atom. The Bertz CT molecular complexity index is 631. The third-order valence-electron chi connectivity index (χ3n) is 4.33. The molecule has 5 heteroatoms. The maximum absolute atomic E-state index is 12.4. The fourth-order valence-corrected chi connectivity index (χ4v) is 2.69. The van der Waals surface area contributed by atoms with Crippen molar-refractivity contribution < 1.29 is 9.53 Å². The van der Waals surface area contributed by atoms with Crippen molar-refractivity contribution in [2.24, 2.45) is 5.41 Å². The maximum Gasteiger partial charge on any atom is 0.251 e. The molecule has 2 heterocycles. The van der Waals surface area contributed by atoms with Gasteiger partial charge in [-0.1, -0.05) is 19.1 Å². The molecule has 1 fully saturated rings. The molecule has 1 aliphatic heterocycles. The summed E-state index contributed by atoms with van der Waals surface area (Å²) in [7, 11) is 0. The van der Waals surface area contributed by atoms with Crippen LogP contribution in [0, 0.1) is 5.41 Å². The molecule has 0 bridgehead atoms. The van der Waals surface area contributed by atoms with Crippen LogP contribution in [0.5, 0.6) is 0 Å². The second kappa shape index (κ2) is 6.32. The van der Waals surface area contributed by atoms with Crippen LogP contribution < -0.4 is 5.32 Å². The average molecular weight is 299 g/mol. The van der Waals surface area contributed by atoms with Gasteiger partial charge in [0.05, 0.1) is 6.20 Å². The highest BCUT2D eigenvalue weighted by molar-refractivity contribution is 5.95. The van der Waals surface area contributed by atoms with Gasteiger partial charge in [-0.15, -0.1) is 0 Å². The molecule has 0 spiro atoms. The predicted octanol–water partition coefficient (Wildman–Crippen LogP) is 2.62. The predicted molar refractivity (Wildman–Crippen MR) is 84.5 cm³/mol. The second-order valence-corrected chi connectivity index (χ2v) is 6.17. The summed E-state index contributed by atoms with van der Waals surface area (Å²) in [5.74, 6) is -0.0296. The topological polar surface area (TPSA) is 67.0 Å². The maximum atomic E-state index is 12.4. The van der Waals surface area contributed by atoms with Crippen LogP contribution in [-0.2, 0) is 4.74 Å². The first-order valence-corrected chi connectivity index (χ1v) is 7.61. The quantitative estimate of drug-likeness (QED) is 0.912. The molecule has 5 nitrogen and oxygen atoms in total. The molecule has 0 aliphatic carbocycles. The van der Waals surface area contributed by atoms with E-state index in [1.165, 1.54) is 0 Å². The van der Waals surface area contributed by atoms with Crippen LogP contribution >= 0.6 is 0 Å². The standard InChI is InChI=1S/C17H21N3O2/c1-17(5-7-22-8-6-17)12-18-16(21)14-4-2-3-13(9-14)15-10-19-20-11-15/h2-4,9-11H,5-8,12H2,1H3,(H,18,21)(H,19,20). The van der Waals surface area contributed by atoms with Gasteiger partial charge < -0.3 is 10.1 Å². The third-order valence-corrected chi connectivity index (χ3v) is 4.33. The molecular weight excluding hydrogens is 278 g/mol. The summed E-state index contributed by atoms with van der Waals surface area (Å²) in [5.41, 5.74) is 2.77. The zero-order valence-electron chi connectivity index (χ0n) is 12.8. The zero-order chi connectivity index (χ0) is 15.4. The van der Waals surface area contributed by atoms with Crippen molar-refractivity contribution in [3.05, 3.63) is 42.2 Å². The Labute approximate surface area is 130 Å². The van der Waals surface area contributed by atoms with Crippen molar-refractivity contribution in [3.63, 3.8) is 0 Å². The number of H-pyrrole nitrogens is 1. The molecule has 0 atom stereocenters. The minimum Gasteiger partial charge on any atom is -0.381 e. The Balaban J connectivity index is 1.66. The fraction of sp³-hybridized carbons (Fsp3) is 0.412. The molecule has 1 aromatic heterocycles. The van der Waals surface area contributed by atoms with Crippen LogP contribution in [0.1, 0.15) is 30.1 Å². The van der Waals surface area contributed by atoms with Crippen molar-refractivity contribution in [3.8, 4) is 11.1 Å². The summed E-state index contributed by atoms with van der Waals surface area (Å²) in [6, 6.07) is 7.60. The van der Waals surface area contributed by atoms with E-state index in [1.807, 2.05) is 30.5 Å². The van der Waals surface area contributed by atoms with E-state index in [0.717, 1.165) is 37.2 Å².